The van der Waals surface area contributed by atoms with E-state index in [1.807, 2.05) is 0 Å². The Kier molecular flexibility index (Phi) is 6.23. The van der Waals surface area contributed by atoms with Crippen molar-refractivity contribution >= 4 is 24.3 Å². The van der Waals surface area contributed by atoms with Crippen LogP contribution >= 0.6 is 12.4 Å². The molecule has 0 saturated carbocycles. The highest BCUT2D eigenvalue weighted by molar-refractivity contribution is 5.86. The van der Waals surface area contributed by atoms with Gasteiger partial charge in [-0.2, -0.15) is 0 Å². The Balaban J connectivity index is 0.00000196. The van der Waals surface area contributed by atoms with E-state index in [2.05, 4.69) is 10.6 Å². The second-order valence-electron chi connectivity index (χ2n) is 3.15. The quantitative estimate of drug-likeness (QED) is 0.586. The molecule has 0 aromatic heterocycles. The highest BCUT2D eigenvalue weighted by Crippen LogP contribution is 1.94. The van der Waals surface area contributed by atoms with Crippen molar-refractivity contribution < 1.29 is 19.4 Å². The molecule has 3 N–H and O–H groups in total. The maximum Gasteiger partial charge on any atom is 0.325 e. The Morgan fingerprint density at radius 3 is 2.73 bits per heavy atom. The van der Waals surface area contributed by atoms with Gasteiger partial charge in [0.1, 0.15) is 12.1 Å². The molecule has 1 saturated heterocycles. The summed E-state index contributed by atoms with van der Waals surface area (Å²) < 4.78 is 5.07. The van der Waals surface area contributed by atoms with E-state index in [1.165, 1.54) is 6.92 Å². The zero-order valence-corrected chi connectivity index (χ0v) is 9.17. The predicted molar refractivity (Wildman–Crippen MR) is 55.1 cm³/mol. The summed E-state index contributed by atoms with van der Waals surface area (Å²) in [4.78, 5) is 21.8. The third-order valence-electron chi connectivity index (χ3n) is 1.97. The molecule has 0 radical (unpaired) electrons. The number of halogens is 1. The Labute approximate surface area is 93.8 Å². The van der Waals surface area contributed by atoms with Gasteiger partial charge in [0, 0.05) is 6.54 Å². The first-order valence-electron chi connectivity index (χ1n) is 4.45. The third kappa shape index (κ3) is 4.46. The van der Waals surface area contributed by atoms with E-state index in [-0.39, 0.29) is 24.9 Å². The molecule has 88 valence electrons. The number of carbonyl (C=O) groups is 2. The standard InChI is InChI=1S/C8H14N2O4.ClH/c1-5(8(12)13)10-7(11)6-4-14-3-2-9-6;/h5-6,9H,2-4H2,1H3,(H,10,11)(H,12,13);1H. The van der Waals surface area contributed by atoms with Gasteiger partial charge in [-0.1, -0.05) is 0 Å². The number of morpholine rings is 1. The molecule has 7 heteroatoms. The molecule has 6 nitrogen and oxygen atoms in total. The van der Waals surface area contributed by atoms with Gasteiger partial charge >= 0.3 is 5.97 Å². The van der Waals surface area contributed by atoms with Gasteiger partial charge < -0.3 is 20.5 Å². The van der Waals surface area contributed by atoms with Crippen molar-refractivity contribution in [3.05, 3.63) is 0 Å². The first kappa shape index (κ1) is 14.2. The summed E-state index contributed by atoms with van der Waals surface area (Å²) in [5.41, 5.74) is 0. The zero-order valence-electron chi connectivity index (χ0n) is 8.36. The lowest BCUT2D eigenvalue weighted by atomic mass is 10.2. The molecule has 0 spiro atoms. The van der Waals surface area contributed by atoms with Crippen LogP contribution in [-0.2, 0) is 14.3 Å². The maximum absolute atomic E-state index is 11.4. The van der Waals surface area contributed by atoms with E-state index >= 15 is 0 Å². The summed E-state index contributed by atoms with van der Waals surface area (Å²) in [6.07, 6.45) is 0. The number of rotatable bonds is 3. The molecule has 15 heavy (non-hydrogen) atoms. The molecule has 1 rings (SSSR count). The number of carboxylic acid groups (broad SMARTS) is 1. The van der Waals surface area contributed by atoms with Crippen LogP contribution in [0.3, 0.4) is 0 Å². The van der Waals surface area contributed by atoms with Gasteiger partial charge in [-0.15, -0.1) is 12.4 Å². The minimum absolute atomic E-state index is 0. The average Bonchev–Trinajstić information content (AvgIpc) is 2.19. The zero-order chi connectivity index (χ0) is 10.6. The molecule has 1 fully saturated rings. The van der Waals surface area contributed by atoms with Crippen molar-refractivity contribution in [3.8, 4) is 0 Å². The van der Waals surface area contributed by atoms with Crippen molar-refractivity contribution in [2.75, 3.05) is 19.8 Å². The third-order valence-corrected chi connectivity index (χ3v) is 1.97. The fourth-order valence-electron chi connectivity index (χ4n) is 1.11. The van der Waals surface area contributed by atoms with Gasteiger partial charge in [-0.3, -0.25) is 9.59 Å². The van der Waals surface area contributed by atoms with Gasteiger partial charge in [0.25, 0.3) is 0 Å². The topological polar surface area (TPSA) is 87.7 Å². The number of aliphatic carboxylic acids is 1. The van der Waals surface area contributed by atoms with Crippen molar-refractivity contribution in [2.45, 2.75) is 19.0 Å². The first-order chi connectivity index (χ1) is 6.61. The van der Waals surface area contributed by atoms with Crippen LogP contribution in [-0.4, -0.2) is 48.8 Å². The molecule has 0 bridgehead atoms. The fourth-order valence-corrected chi connectivity index (χ4v) is 1.11. The number of amides is 1. The number of ether oxygens (including phenoxy) is 1. The number of hydrogen-bond donors (Lipinski definition) is 3. The Morgan fingerprint density at radius 2 is 2.27 bits per heavy atom. The lowest BCUT2D eigenvalue weighted by Gasteiger charge is -2.23. The van der Waals surface area contributed by atoms with Crippen molar-refractivity contribution in [2.24, 2.45) is 0 Å². The van der Waals surface area contributed by atoms with Crippen molar-refractivity contribution in [1.82, 2.24) is 10.6 Å². The second-order valence-corrected chi connectivity index (χ2v) is 3.15. The van der Waals surface area contributed by atoms with Gasteiger partial charge in [-0.05, 0) is 6.92 Å². The van der Waals surface area contributed by atoms with Gasteiger partial charge in [0.05, 0.1) is 13.2 Å². The summed E-state index contributed by atoms with van der Waals surface area (Å²) in [5.74, 6) is -1.38. The van der Waals surface area contributed by atoms with E-state index in [1.54, 1.807) is 0 Å². The predicted octanol–water partition coefficient (Wildman–Crippen LogP) is -1.01. The van der Waals surface area contributed by atoms with Crippen LogP contribution in [0.5, 0.6) is 0 Å². The summed E-state index contributed by atoms with van der Waals surface area (Å²) in [7, 11) is 0. The minimum Gasteiger partial charge on any atom is -0.480 e. The maximum atomic E-state index is 11.4. The molecule has 2 unspecified atom stereocenters. The van der Waals surface area contributed by atoms with Gasteiger partial charge in [0.15, 0.2) is 0 Å². The molecule has 0 aliphatic carbocycles. The Hall–Kier alpha value is -0.850. The highest BCUT2D eigenvalue weighted by atomic mass is 35.5. The van der Waals surface area contributed by atoms with Crippen LogP contribution in [0.15, 0.2) is 0 Å². The number of nitrogens with one attached hydrogen (secondary N) is 2. The Morgan fingerprint density at radius 1 is 1.60 bits per heavy atom. The summed E-state index contributed by atoms with van der Waals surface area (Å²) in [6, 6.07) is -1.31. The number of carboxylic acids is 1. The second kappa shape index (κ2) is 6.60. The minimum atomic E-state index is -1.05. The highest BCUT2D eigenvalue weighted by Gasteiger charge is 2.23. The molecule has 1 aliphatic rings. The average molecular weight is 239 g/mol. The number of carbonyl (C=O) groups excluding carboxylic acids is 1. The molecule has 1 heterocycles. The summed E-state index contributed by atoms with van der Waals surface area (Å²) in [5, 5.41) is 13.9. The Bertz CT molecular complexity index is 231. The normalized spacial score (nSPS) is 22.3. The lowest BCUT2D eigenvalue weighted by Crippen LogP contribution is -2.54. The van der Waals surface area contributed by atoms with Gasteiger partial charge in [0.2, 0.25) is 5.91 Å². The molecule has 2 atom stereocenters. The van der Waals surface area contributed by atoms with Crippen LogP contribution < -0.4 is 10.6 Å². The molecule has 0 aromatic carbocycles. The van der Waals surface area contributed by atoms with Crippen LogP contribution in [0.2, 0.25) is 0 Å². The first-order valence-corrected chi connectivity index (χ1v) is 4.45. The molecular weight excluding hydrogens is 224 g/mol. The molecule has 1 amide bonds. The monoisotopic (exact) mass is 238 g/mol. The van der Waals surface area contributed by atoms with Crippen molar-refractivity contribution in [3.63, 3.8) is 0 Å². The van der Waals surface area contributed by atoms with Crippen molar-refractivity contribution in [1.29, 1.82) is 0 Å². The largest absolute Gasteiger partial charge is 0.480 e. The van der Waals surface area contributed by atoms with Crippen LogP contribution in [0.1, 0.15) is 6.92 Å². The van der Waals surface area contributed by atoms with Crippen LogP contribution in [0.4, 0.5) is 0 Å². The van der Waals surface area contributed by atoms with E-state index in [4.69, 9.17) is 9.84 Å². The summed E-state index contributed by atoms with van der Waals surface area (Å²) in [6.45, 7) is 2.90. The molecular formula is C8H15ClN2O4. The van der Waals surface area contributed by atoms with E-state index in [0.29, 0.717) is 13.2 Å². The van der Waals surface area contributed by atoms with E-state index < -0.39 is 18.1 Å². The van der Waals surface area contributed by atoms with Crippen LogP contribution in [0, 0.1) is 0 Å². The lowest BCUT2D eigenvalue weighted by molar-refractivity contribution is -0.142. The summed E-state index contributed by atoms with van der Waals surface area (Å²) >= 11 is 0. The smallest absolute Gasteiger partial charge is 0.325 e. The van der Waals surface area contributed by atoms with Crippen LogP contribution in [0.25, 0.3) is 0 Å². The van der Waals surface area contributed by atoms with Gasteiger partial charge in [-0.25, -0.2) is 0 Å². The van der Waals surface area contributed by atoms with E-state index in [9.17, 15) is 9.59 Å². The van der Waals surface area contributed by atoms with E-state index in [0.717, 1.165) is 0 Å². The molecule has 0 aromatic rings. The molecule has 1 aliphatic heterocycles. The number of hydrogen-bond acceptors (Lipinski definition) is 4. The fraction of sp³-hybridized carbons (Fsp3) is 0.750. The SMILES string of the molecule is CC(NC(=O)C1COCCN1)C(=O)O.Cl.